The summed E-state index contributed by atoms with van der Waals surface area (Å²) in [7, 11) is -4.23. The summed E-state index contributed by atoms with van der Waals surface area (Å²) in [6.45, 7) is 0. The predicted molar refractivity (Wildman–Crippen MR) is 54.9 cm³/mol. The first-order chi connectivity index (χ1) is 7.03. The second kappa shape index (κ2) is 3.90. The maximum atomic E-state index is 12.5. The zero-order chi connectivity index (χ0) is 12.7. The van der Waals surface area contributed by atoms with Crippen molar-refractivity contribution in [3.63, 3.8) is 0 Å². The third-order valence-electron chi connectivity index (χ3n) is 1.71. The molecular weight excluding hydrogens is 313 g/mol. The average molecular weight is 319 g/mol. The highest BCUT2D eigenvalue weighted by Crippen LogP contribution is 2.39. The first kappa shape index (κ1) is 13.3. The van der Waals surface area contributed by atoms with E-state index in [2.05, 4.69) is 15.9 Å². The third-order valence-corrected chi connectivity index (χ3v) is 3.49. The molecule has 0 saturated heterocycles. The zero-order valence-electron chi connectivity index (χ0n) is 7.55. The Hall–Kier alpha value is -0.800. The summed E-state index contributed by atoms with van der Waals surface area (Å²) in [4.78, 5) is -0.680. The maximum Gasteiger partial charge on any atom is 0.417 e. The lowest BCUT2D eigenvalue weighted by Gasteiger charge is -2.12. The minimum absolute atomic E-state index is 0.348. The molecule has 9 heteroatoms. The number of nitrogen functional groups attached to an aromatic ring is 1. The Labute approximate surface area is 97.6 Å². The van der Waals surface area contributed by atoms with Crippen molar-refractivity contribution in [2.24, 2.45) is 5.14 Å². The molecule has 1 aromatic rings. The molecule has 0 fully saturated rings. The van der Waals surface area contributed by atoms with Crippen LogP contribution in [0, 0.1) is 0 Å². The molecule has 16 heavy (non-hydrogen) atoms. The summed E-state index contributed by atoms with van der Waals surface area (Å²) in [5, 5.41) is 4.72. The molecule has 0 aliphatic heterocycles. The lowest BCUT2D eigenvalue weighted by molar-refractivity contribution is -0.138. The summed E-state index contributed by atoms with van der Waals surface area (Å²) in [6.07, 6.45) is -4.71. The van der Waals surface area contributed by atoms with Crippen LogP contribution < -0.4 is 10.9 Å². The quantitative estimate of drug-likeness (QED) is 0.773. The van der Waals surface area contributed by atoms with Crippen LogP contribution in [-0.2, 0) is 16.2 Å². The van der Waals surface area contributed by atoms with Crippen molar-refractivity contribution in [1.82, 2.24) is 0 Å². The molecule has 0 heterocycles. The van der Waals surface area contributed by atoms with Crippen molar-refractivity contribution in [2.75, 3.05) is 5.73 Å². The van der Waals surface area contributed by atoms with Gasteiger partial charge in [0, 0.05) is 5.69 Å². The average Bonchev–Trinajstić information content (AvgIpc) is 2.05. The fraction of sp³-hybridized carbons (Fsp3) is 0.143. The van der Waals surface area contributed by atoms with Gasteiger partial charge in [0.05, 0.1) is 14.9 Å². The van der Waals surface area contributed by atoms with E-state index < -0.39 is 31.1 Å². The Morgan fingerprint density at radius 3 is 2.12 bits per heavy atom. The van der Waals surface area contributed by atoms with Crippen molar-refractivity contribution >= 4 is 31.6 Å². The molecule has 4 N–H and O–H groups in total. The predicted octanol–water partition coefficient (Wildman–Crippen LogP) is 1.70. The number of hydrogen-bond donors (Lipinski definition) is 2. The second-order valence-corrected chi connectivity index (χ2v) is 5.27. The summed E-state index contributed by atoms with van der Waals surface area (Å²) in [5.74, 6) is 0. The first-order valence-corrected chi connectivity index (χ1v) is 6.06. The SMILES string of the molecule is Nc1cc(S(N)(=O)=O)cc(C(F)(F)F)c1Br. The molecule has 0 atom stereocenters. The van der Waals surface area contributed by atoms with Crippen LogP contribution in [0.5, 0.6) is 0 Å². The van der Waals surface area contributed by atoms with Crippen molar-refractivity contribution in [3.8, 4) is 0 Å². The van der Waals surface area contributed by atoms with Gasteiger partial charge in [0.2, 0.25) is 10.0 Å². The van der Waals surface area contributed by atoms with Gasteiger partial charge in [-0.25, -0.2) is 13.6 Å². The molecule has 4 nitrogen and oxygen atoms in total. The molecule has 1 aromatic carbocycles. The number of benzene rings is 1. The van der Waals surface area contributed by atoms with E-state index in [1.807, 2.05) is 0 Å². The lowest BCUT2D eigenvalue weighted by atomic mass is 10.2. The topological polar surface area (TPSA) is 86.2 Å². The molecule has 0 spiro atoms. The highest BCUT2D eigenvalue weighted by atomic mass is 79.9. The van der Waals surface area contributed by atoms with Crippen LogP contribution in [0.25, 0.3) is 0 Å². The van der Waals surface area contributed by atoms with Crippen LogP contribution in [0.3, 0.4) is 0 Å². The first-order valence-electron chi connectivity index (χ1n) is 3.72. The lowest BCUT2D eigenvalue weighted by Crippen LogP contribution is -2.15. The number of alkyl halides is 3. The molecule has 1 rings (SSSR count). The molecular formula is C7H6BrF3N2O2S. The fourth-order valence-electron chi connectivity index (χ4n) is 0.990. The molecule has 0 unspecified atom stereocenters. The van der Waals surface area contributed by atoms with Gasteiger partial charge >= 0.3 is 6.18 Å². The second-order valence-electron chi connectivity index (χ2n) is 2.92. The minimum atomic E-state index is -4.71. The fourth-order valence-corrected chi connectivity index (χ4v) is 2.02. The van der Waals surface area contributed by atoms with Crippen molar-refractivity contribution in [3.05, 3.63) is 22.2 Å². The van der Waals surface area contributed by atoms with Crippen LogP contribution in [0.1, 0.15) is 5.56 Å². The van der Waals surface area contributed by atoms with E-state index in [4.69, 9.17) is 10.9 Å². The smallest absolute Gasteiger partial charge is 0.398 e. The molecule has 0 bridgehead atoms. The van der Waals surface area contributed by atoms with E-state index in [0.29, 0.717) is 6.07 Å². The largest absolute Gasteiger partial charge is 0.417 e. The molecule has 0 saturated carbocycles. The van der Waals surface area contributed by atoms with Gasteiger partial charge in [0.15, 0.2) is 0 Å². The molecule has 0 aromatic heterocycles. The standard InChI is InChI=1S/C7H6BrF3N2O2S/c8-6-4(7(9,10)11)1-3(2-5(6)12)16(13,14)15/h1-2H,12H2,(H2,13,14,15). The monoisotopic (exact) mass is 318 g/mol. The Bertz CT molecular complexity index is 527. The Balaban J connectivity index is 3.59. The minimum Gasteiger partial charge on any atom is -0.398 e. The van der Waals surface area contributed by atoms with Gasteiger partial charge in [-0.05, 0) is 28.1 Å². The van der Waals surface area contributed by atoms with Crippen LogP contribution in [0.4, 0.5) is 18.9 Å². The van der Waals surface area contributed by atoms with Gasteiger partial charge in [-0.15, -0.1) is 0 Å². The van der Waals surface area contributed by atoms with Gasteiger partial charge in [0.1, 0.15) is 0 Å². The summed E-state index contributed by atoms with van der Waals surface area (Å²) in [5.41, 5.74) is 3.72. The van der Waals surface area contributed by atoms with Gasteiger partial charge in [0.25, 0.3) is 0 Å². The normalized spacial score (nSPS) is 12.8. The Morgan fingerprint density at radius 2 is 1.75 bits per heavy atom. The number of hydrogen-bond acceptors (Lipinski definition) is 3. The van der Waals surface area contributed by atoms with Gasteiger partial charge in [-0.2, -0.15) is 13.2 Å². The number of primary sulfonamides is 1. The Morgan fingerprint density at radius 1 is 1.25 bits per heavy atom. The highest BCUT2D eigenvalue weighted by Gasteiger charge is 2.35. The number of rotatable bonds is 1. The summed E-state index contributed by atoms with van der Waals surface area (Å²) in [6, 6.07) is 1.28. The number of sulfonamides is 1. The van der Waals surface area contributed by atoms with Crippen LogP contribution in [-0.4, -0.2) is 8.42 Å². The van der Waals surface area contributed by atoms with Crippen molar-refractivity contribution in [2.45, 2.75) is 11.1 Å². The van der Waals surface area contributed by atoms with Gasteiger partial charge in [-0.3, -0.25) is 0 Å². The molecule has 0 aliphatic rings. The van der Waals surface area contributed by atoms with E-state index in [9.17, 15) is 21.6 Å². The van der Waals surface area contributed by atoms with E-state index in [1.54, 1.807) is 0 Å². The van der Waals surface area contributed by atoms with E-state index >= 15 is 0 Å². The molecule has 90 valence electrons. The molecule has 0 aliphatic carbocycles. The molecule has 0 radical (unpaired) electrons. The number of nitrogens with two attached hydrogens (primary N) is 2. The van der Waals surface area contributed by atoms with Crippen molar-refractivity contribution in [1.29, 1.82) is 0 Å². The van der Waals surface area contributed by atoms with E-state index in [-0.39, 0.29) is 5.69 Å². The third kappa shape index (κ3) is 2.66. The number of halogens is 4. The van der Waals surface area contributed by atoms with E-state index in [1.165, 1.54) is 0 Å². The Kier molecular flexibility index (Phi) is 3.23. The molecule has 0 amide bonds. The zero-order valence-corrected chi connectivity index (χ0v) is 9.95. The van der Waals surface area contributed by atoms with Gasteiger partial charge in [-0.1, -0.05) is 0 Å². The number of anilines is 1. The van der Waals surface area contributed by atoms with Crippen LogP contribution in [0.2, 0.25) is 0 Å². The van der Waals surface area contributed by atoms with Crippen LogP contribution >= 0.6 is 15.9 Å². The van der Waals surface area contributed by atoms with Crippen LogP contribution in [0.15, 0.2) is 21.5 Å². The van der Waals surface area contributed by atoms with E-state index in [0.717, 1.165) is 6.07 Å². The maximum absolute atomic E-state index is 12.5. The summed E-state index contributed by atoms with van der Waals surface area (Å²) >= 11 is 2.64. The van der Waals surface area contributed by atoms with Crippen molar-refractivity contribution < 1.29 is 21.6 Å². The highest BCUT2D eigenvalue weighted by molar-refractivity contribution is 9.10. The summed E-state index contributed by atoms with van der Waals surface area (Å²) < 4.78 is 58.8. The van der Waals surface area contributed by atoms with Gasteiger partial charge < -0.3 is 5.73 Å².